The molecule has 1 aromatic heterocycles. The summed E-state index contributed by atoms with van der Waals surface area (Å²) in [7, 11) is 0. The van der Waals surface area contributed by atoms with E-state index in [1.54, 1.807) is 12.3 Å². The Balaban J connectivity index is 1.68. The second-order valence-corrected chi connectivity index (χ2v) is 7.61. The van der Waals surface area contributed by atoms with Crippen LogP contribution in [0.3, 0.4) is 0 Å². The Hall–Kier alpha value is -2.39. The summed E-state index contributed by atoms with van der Waals surface area (Å²) in [6.07, 6.45) is 1.02. The number of hydrogen-bond donors (Lipinski definition) is 2. The normalized spacial score (nSPS) is 10.4. The zero-order chi connectivity index (χ0) is 20.4. The quantitative estimate of drug-likeness (QED) is 0.572. The van der Waals surface area contributed by atoms with Gasteiger partial charge >= 0.3 is 5.97 Å². The SMILES string of the molecule is CCOC(=O)Cc1csc(NC(=O)CSCC(=O)Nc2ccc(CC)cc2)n1. The first-order valence-electron chi connectivity index (χ1n) is 8.86. The first kappa shape index (κ1) is 21.9. The first-order chi connectivity index (χ1) is 13.5. The van der Waals surface area contributed by atoms with E-state index in [0.717, 1.165) is 12.1 Å². The fraction of sp³-hybridized carbons (Fsp3) is 0.368. The molecule has 2 amide bonds. The molecule has 7 nitrogen and oxygen atoms in total. The smallest absolute Gasteiger partial charge is 0.311 e. The van der Waals surface area contributed by atoms with Crippen molar-refractivity contribution >= 4 is 51.7 Å². The van der Waals surface area contributed by atoms with Crippen LogP contribution in [0.4, 0.5) is 10.8 Å². The van der Waals surface area contributed by atoms with Gasteiger partial charge in [-0.1, -0.05) is 19.1 Å². The van der Waals surface area contributed by atoms with Crippen LogP contribution >= 0.6 is 23.1 Å². The minimum Gasteiger partial charge on any atom is -0.466 e. The van der Waals surface area contributed by atoms with Gasteiger partial charge in [0, 0.05) is 11.1 Å². The summed E-state index contributed by atoms with van der Waals surface area (Å²) in [5.41, 5.74) is 2.50. The van der Waals surface area contributed by atoms with Gasteiger partial charge in [0.2, 0.25) is 11.8 Å². The van der Waals surface area contributed by atoms with Gasteiger partial charge in [-0.2, -0.15) is 0 Å². The lowest BCUT2D eigenvalue weighted by molar-refractivity contribution is -0.142. The summed E-state index contributed by atoms with van der Waals surface area (Å²) in [5, 5.41) is 7.60. The fourth-order valence-electron chi connectivity index (χ4n) is 2.22. The first-order valence-corrected chi connectivity index (χ1v) is 10.9. The second kappa shape index (κ2) is 11.5. The highest BCUT2D eigenvalue weighted by atomic mass is 32.2. The van der Waals surface area contributed by atoms with E-state index in [4.69, 9.17) is 4.74 Å². The number of esters is 1. The number of carbonyl (C=O) groups is 3. The lowest BCUT2D eigenvalue weighted by Crippen LogP contribution is -2.18. The number of nitrogens with one attached hydrogen (secondary N) is 2. The number of hydrogen-bond acceptors (Lipinski definition) is 7. The van der Waals surface area contributed by atoms with Gasteiger partial charge in [-0.3, -0.25) is 14.4 Å². The van der Waals surface area contributed by atoms with Gasteiger partial charge in [-0.25, -0.2) is 4.98 Å². The third kappa shape index (κ3) is 7.69. The molecule has 0 unspecified atom stereocenters. The van der Waals surface area contributed by atoms with Crippen molar-refractivity contribution in [1.82, 2.24) is 4.98 Å². The number of aromatic nitrogens is 1. The Morgan fingerprint density at radius 2 is 1.75 bits per heavy atom. The number of benzene rings is 1. The van der Waals surface area contributed by atoms with Crippen LogP contribution in [0.2, 0.25) is 0 Å². The van der Waals surface area contributed by atoms with Crippen molar-refractivity contribution in [3.05, 3.63) is 40.9 Å². The minimum absolute atomic E-state index is 0.0777. The van der Waals surface area contributed by atoms with Gasteiger partial charge in [0.1, 0.15) is 0 Å². The Morgan fingerprint density at radius 1 is 1.07 bits per heavy atom. The fourth-order valence-corrected chi connectivity index (χ4v) is 3.56. The van der Waals surface area contributed by atoms with Gasteiger partial charge in [0.15, 0.2) is 5.13 Å². The summed E-state index contributed by atoms with van der Waals surface area (Å²) in [4.78, 5) is 39.5. The molecule has 0 saturated heterocycles. The average molecular weight is 422 g/mol. The Labute approximate surface area is 172 Å². The maximum Gasteiger partial charge on any atom is 0.311 e. The van der Waals surface area contributed by atoms with E-state index in [9.17, 15) is 14.4 Å². The van der Waals surface area contributed by atoms with Gasteiger partial charge in [0.25, 0.3) is 0 Å². The van der Waals surface area contributed by atoms with Crippen LogP contribution < -0.4 is 10.6 Å². The van der Waals surface area contributed by atoms with Crippen molar-refractivity contribution in [3.8, 4) is 0 Å². The predicted octanol–water partition coefficient (Wildman–Crippen LogP) is 3.12. The number of nitrogens with zero attached hydrogens (tertiary/aromatic N) is 1. The lowest BCUT2D eigenvalue weighted by atomic mass is 10.1. The van der Waals surface area contributed by atoms with E-state index >= 15 is 0 Å². The molecular formula is C19H23N3O4S2. The summed E-state index contributed by atoms with van der Waals surface area (Å²) in [5.74, 6) is -0.448. The topological polar surface area (TPSA) is 97.4 Å². The molecule has 0 radical (unpaired) electrons. The molecule has 0 saturated carbocycles. The van der Waals surface area contributed by atoms with Crippen molar-refractivity contribution in [2.45, 2.75) is 26.7 Å². The van der Waals surface area contributed by atoms with Crippen molar-refractivity contribution in [3.63, 3.8) is 0 Å². The van der Waals surface area contributed by atoms with E-state index in [-0.39, 0.29) is 35.7 Å². The molecule has 0 aliphatic carbocycles. The largest absolute Gasteiger partial charge is 0.466 e. The average Bonchev–Trinajstić information content (AvgIpc) is 3.09. The molecular weight excluding hydrogens is 398 g/mol. The molecule has 0 aliphatic heterocycles. The molecule has 150 valence electrons. The van der Waals surface area contributed by atoms with E-state index in [1.165, 1.54) is 28.7 Å². The monoisotopic (exact) mass is 421 g/mol. The van der Waals surface area contributed by atoms with Crippen LogP contribution in [0.5, 0.6) is 0 Å². The highest BCUT2D eigenvalue weighted by molar-refractivity contribution is 8.00. The number of aryl methyl sites for hydroxylation is 1. The molecule has 0 bridgehead atoms. The van der Waals surface area contributed by atoms with Gasteiger partial charge in [0.05, 0.1) is 30.2 Å². The zero-order valence-corrected chi connectivity index (χ0v) is 17.5. The molecule has 2 aromatic rings. The number of thiazole rings is 1. The summed E-state index contributed by atoms with van der Waals surface area (Å²) >= 11 is 2.46. The van der Waals surface area contributed by atoms with Crippen LogP contribution in [0.1, 0.15) is 25.1 Å². The summed E-state index contributed by atoms with van der Waals surface area (Å²) < 4.78 is 4.86. The highest BCUT2D eigenvalue weighted by Gasteiger charge is 2.11. The number of amides is 2. The van der Waals surface area contributed by atoms with Gasteiger partial charge < -0.3 is 15.4 Å². The number of carbonyl (C=O) groups excluding carboxylic acids is 3. The van der Waals surface area contributed by atoms with Crippen LogP contribution in [0.25, 0.3) is 0 Å². The van der Waals surface area contributed by atoms with E-state index < -0.39 is 0 Å². The molecule has 9 heteroatoms. The Morgan fingerprint density at radius 3 is 2.39 bits per heavy atom. The molecule has 2 N–H and O–H groups in total. The van der Waals surface area contributed by atoms with Crippen molar-refractivity contribution in [2.24, 2.45) is 0 Å². The Bertz CT molecular complexity index is 806. The third-order valence-electron chi connectivity index (χ3n) is 3.54. The maximum atomic E-state index is 12.0. The third-order valence-corrected chi connectivity index (χ3v) is 5.28. The van der Waals surface area contributed by atoms with Crippen LogP contribution in [0.15, 0.2) is 29.6 Å². The van der Waals surface area contributed by atoms with Crippen LogP contribution in [0, 0.1) is 0 Å². The predicted molar refractivity (Wildman–Crippen MR) is 113 cm³/mol. The molecule has 28 heavy (non-hydrogen) atoms. The molecule has 0 aliphatic rings. The van der Waals surface area contributed by atoms with E-state index in [2.05, 4.69) is 22.5 Å². The summed E-state index contributed by atoms with van der Waals surface area (Å²) in [6, 6.07) is 7.68. The number of rotatable bonds is 10. The molecule has 0 fully saturated rings. The van der Waals surface area contributed by atoms with E-state index in [1.807, 2.05) is 24.3 Å². The van der Waals surface area contributed by atoms with Crippen LogP contribution in [-0.4, -0.2) is 40.9 Å². The van der Waals surface area contributed by atoms with Crippen molar-refractivity contribution < 1.29 is 19.1 Å². The number of thioether (sulfide) groups is 1. The standard InChI is InChI=1S/C19H23N3O4S2/c1-3-13-5-7-14(8-6-13)20-16(23)11-27-12-17(24)22-19-21-15(10-28-19)9-18(25)26-4-2/h5-8,10H,3-4,9,11-12H2,1-2H3,(H,20,23)(H,21,22,24). The maximum absolute atomic E-state index is 12.0. The molecule has 1 aromatic carbocycles. The Kier molecular flexibility index (Phi) is 8.96. The highest BCUT2D eigenvalue weighted by Crippen LogP contribution is 2.17. The molecule has 1 heterocycles. The van der Waals surface area contributed by atoms with Crippen molar-refractivity contribution in [2.75, 3.05) is 28.7 Å². The van der Waals surface area contributed by atoms with Gasteiger partial charge in [-0.15, -0.1) is 23.1 Å². The zero-order valence-electron chi connectivity index (χ0n) is 15.8. The van der Waals surface area contributed by atoms with Crippen molar-refractivity contribution in [1.29, 1.82) is 0 Å². The minimum atomic E-state index is -0.350. The molecule has 0 spiro atoms. The molecule has 2 rings (SSSR count). The second-order valence-electron chi connectivity index (χ2n) is 5.77. The number of anilines is 2. The van der Waals surface area contributed by atoms with Gasteiger partial charge in [-0.05, 0) is 31.0 Å². The van der Waals surface area contributed by atoms with Crippen LogP contribution in [-0.2, 0) is 32.0 Å². The lowest BCUT2D eigenvalue weighted by Gasteiger charge is -2.06. The van der Waals surface area contributed by atoms with E-state index in [0.29, 0.717) is 17.4 Å². The number of ether oxygens (including phenoxy) is 1. The summed E-state index contributed by atoms with van der Waals surface area (Å²) in [6.45, 7) is 4.13. The molecule has 0 atom stereocenters.